The molecule has 2 fully saturated rings. The van der Waals surface area contributed by atoms with Crippen molar-refractivity contribution in [1.29, 1.82) is 0 Å². The van der Waals surface area contributed by atoms with Gasteiger partial charge in [-0.05, 0) is 55.0 Å². The van der Waals surface area contributed by atoms with Gasteiger partial charge in [0, 0.05) is 19.3 Å². The van der Waals surface area contributed by atoms with Crippen LogP contribution in [-0.2, 0) is 0 Å². The topological polar surface area (TPSA) is 82.9 Å². The van der Waals surface area contributed by atoms with E-state index in [4.69, 9.17) is 21.4 Å². The summed E-state index contributed by atoms with van der Waals surface area (Å²) in [7, 11) is 0. The number of carbonyl (C=O) groups is 1. The Morgan fingerprint density at radius 1 is 1.21 bits per heavy atom. The van der Waals surface area contributed by atoms with Crippen LogP contribution >= 0.6 is 11.6 Å². The third kappa shape index (κ3) is 3.77. The van der Waals surface area contributed by atoms with E-state index in [1.807, 2.05) is 4.90 Å². The molecule has 0 bridgehead atoms. The number of carboxylic acid groups (broad SMARTS) is 1. The van der Waals surface area contributed by atoms with Crippen LogP contribution < -0.4 is 9.64 Å². The van der Waals surface area contributed by atoms with Crippen LogP contribution in [0.3, 0.4) is 0 Å². The average Bonchev–Trinajstić information content (AvgIpc) is 3.06. The minimum atomic E-state index is -1.07. The van der Waals surface area contributed by atoms with E-state index >= 15 is 0 Å². The van der Waals surface area contributed by atoms with Crippen molar-refractivity contribution in [3.63, 3.8) is 0 Å². The Morgan fingerprint density at radius 3 is 2.54 bits per heavy atom. The van der Waals surface area contributed by atoms with Crippen LogP contribution in [0.2, 0.25) is 5.02 Å². The number of nitrogens with zero attached hydrogens (tertiary/aromatic N) is 2. The molecular formula is C20H20ClFN2O4. The summed E-state index contributed by atoms with van der Waals surface area (Å²) in [6.45, 7) is 1.41. The lowest BCUT2D eigenvalue weighted by atomic mass is 9.78. The Balaban J connectivity index is 1.45. The molecule has 1 saturated carbocycles. The Morgan fingerprint density at radius 2 is 1.89 bits per heavy atom. The quantitative estimate of drug-likeness (QED) is 0.811. The molecule has 1 aromatic heterocycles. The first kappa shape index (κ1) is 19.0. The Labute approximate surface area is 166 Å². The number of aliphatic hydroxyl groups is 1. The van der Waals surface area contributed by atoms with Gasteiger partial charge >= 0.3 is 5.97 Å². The lowest BCUT2D eigenvalue weighted by Crippen LogP contribution is -2.42. The summed E-state index contributed by atoms with van der Waals surface area (Å²) in [6, 6.07) is 7.19. The fraction of sp³-hybridized carbons (Fsp3) is 0.400. The number of hydrogen-bond acceptors (Lipinski definition) is 5. The maximum absolute atomic E-state index is 13.1. The molecule has 148 valence electrons. The van der Waals surface area contributed by atoms with Crippen LogP contribution in [0.1, 0.15) is 23.2 Å². The molecule has 6 nitrogen and oxygen atoms in total. The molecule has 1 aromatic carbocycles. The van der Waals surface area contributed by atoms with Gasteiger partial charge in [0.15, 0.2) is 0 Å². The third-order valence-corrected chi connectivity index (χ3v) is 5.83. The summed E-state index contributed by atoms with van der Waals surface area (Å²) in [5.74, 6) is 0.270. The molecule has 1 aliphatic carbocycles. The van der Waals surface area contributed by atoms with Crippen molar-refractivity contribution in [3.05, 3.63) is 52.9 Å². The van der Waals surface area contributed by atoms with Crippen molar-refractivity contribution in [2.24, 2.45) is 11.8 Å². The predicted molar refractivity (Wildman–Crippen MR) is 101 cm³/mol. The van der Waals surface area contributed by atoms with Gasteiger partial charge in [0.25, 0.3) is 0 Å². The van der Waals surface area contributed by atoms with E-state index in [1.54, 1.807) is 12.1 Å². The second-order valence-electron chi connectivity index (χ2n) is 7.41. The van der Waals surface area contributed by atoms with Crippen LogP contribution in [0.25, 0.3) is 0 Å². The molecule has 0 spiro atoms. The van der Waals surface area contributed by atoms with E-state index < -0.39 is 12.1 Å². The van der Waals surface area contributed by atoms with Crippen molar-refractivity contribution < 1.29 is 24.1 Å². The molecule has 2 heterocycles. The molecule has 4 rings (SSSR count). The summed E-state index contributed by atoms with van der Waals surface area (Å²) in [5.41, 5.74) is 0.0496. The van der Waals surface area contributed by atoms with Gasteiger partial charge in [0.1, 0.15) is 23.5 Å². The maximum atomic E-state index is 13.1. The number of aromatic carboxylic acids is 1. The zero-order chi connectivity index (χ0) is 19.8. The van der Waals surface area contributed by atoms with E-state index in [0.717, 1.165) is 0 Å². The summed E-state index contributed by atoms with van der Waals surface area (Å²) < 4.78 is 19.0. The highest BCUT2D eigenvalue weighted by Gasteiger charge is 2.43. The number of fused-ring (bicyclic) bond motifs is 1. The predicted octanol–water partition coefficient (Wildman–Crippen LogP) is 3.23. The number of benzene rings is 1. The first-order chi connectivity index (χ1) is 13.4. The van der Waals surface area contributed by atoms with Gasteiger partial charge in [-0.15, -0.1) is 0 Å². The van der Waals surface area contributed by atoms with Gasteiger partial charge in [-0.25, -0.2) is 14.2 Å². The number of halogens is 2. The largest absolute Gasteiger partial charge is 0.488 e. The van der Waals surface area contributed by atoms with Gasteiger partial charge in [-0.2, -0.15) is 0 Å². The summed E-state index contributed by atoms with van der Waals surface area (Å²) in [5, 5.41) is 19.9. The molecule has 0 unspecified atom stereocenters. The first-order valence-electron chi connectivity index (χ1n) is 9.15. The van der Waals surface area contributed by atoms with Crippen LogP contribution in [0.5, 0.6) is 5.75 Å². The SMILES string of the molecule is O=C(O)c1cnc(N2C[C@H]3C[C@@H](Oc4ccc(F)cc4)[C@H](O)C[C@H]3C2)c(Cl)c1. The molecular weight excluding hydrogens is 387 g/mol. The Bertz CT molecular complexity index is 879. The number of rotatable bonds is 4. The third-order valence-electron chi connectivity index (χ3n) is 5.55. The lowest BCUT2D eigenvalue weighted by Gasteiger charge is -2.35. The number of pyridine rings is 1. The van der Waals surface area contributed by atoms with E-state index in [9.17, 15) is 14.3 Å². The van der Waals surface area contributed by atoms with Crippen LogP contribution in [-0.4, -0.2) is 46.5 Å². The lowest BCUT2D eigenvalue weighted by molar-refractivity contribution is -0.0231. The molecule has 1 saturated heterocycles. The second-order valence-corrected chi connectivity index (χ2v) is 7.82. The molecule has 2 aromatic rings. The molecule has 1 aliphatic heterocycles. The number of aliphatic hydroxyl groups excluding tert-OH is 1. The molecule has 2 aliphatic rings. The zero-order valence-electron chi connectivity index (χ0n) is 15.0. The summed E-state index contributed by atoms with van der Waals surface area (Å²) in [6.07, 6.45) is 1.61. The molecule has 0 radical (unpaired) electrons. The smallest absolute Gasteiger partial charge is 0.337 e. The van der Waals surface area contributed by atoms with E-state index in [-0.39, 0.29) is 23.4 Å². The van der Waals surface area contributed by atoms with E-state index in [2.05, 4.69) is 4.98 Å². The fourth-order valence-corrected chi connectivity index (χ4v) is 4.44. The minimum absolute atomic E-state index is 0.0496. The average molecular weight is 407 g/mol. The van der Waals surface area contributed by atoms with Gasteiger partial charge in [0.05, 0.1) is 16.7 Å². The van der Waals surface area contributed by atoms with Gasteiger partial charge < -0.3 is 19.8 Å². The van der Waals surface area contributed by atoms with Crippen LogP contribution in [0.4, 0.5) is 10.2 Å². The Hall–Kier alpha value is -2.38. The zero-order valence-corrected chi connectivity index (χ0v) is 15.7. The van der Waals surface area contributed by atoms with Crippen LogP contribution in [0.15, 0.2) is 36.5 Å². The van der Waals surface area contributed by atoms with Crippen molar-refractivity contribution in [2.75, 3.05) is 18.0 Å². The highest BCUT2D eigenvalue weighted by Crippen LogP contribution is 2.40. The summed E-state index contributed by atoms with van der Waals surface area (Å²) >= 11 is 6.26. The van der Waals surface area contributed by atoms with E-state index in [0.29, 0.717) is 48.4 Å². The van der Waals surface area contributed by atoms with Crippen LogP contribution in [0, 0.1) is 17.7 Å². The first-order valence-corrected chi connectivity index (χ1v) is 9.52. The normalized spacial score (nSPS) is 26.8. The summed E-state index contributed by atoms with van der Waals surface area (Å²) in [4.78, 5) is 17.3. The van der Waals surface area contributed by atoms with Crippen molar-refractivity contribution >= 4 is 23.4 Å². The molecule has 8 heteroatoms. The molecule has 2 N–H and O–H groups in total. The Kier molecular flexibility index (Phi) is 5.12. The van der Waals surface area contributed by atoms with E-state index in [1.165, 1.54) is 24.4 Å². The van der Waals surface area contributed by atoms with Crippen molar-refractivity contribution in [1.82, 2.24) is 4.98 Å². The number of hydrogen-bond donors (Lipinski definition) is 2. The highest BCUT2D eigenvalue weighted by molar-refractivity contribution is 6.33. The van der Waals surface area contributed by atoms with Crippen molar-refractivity contribution in [3.8, 4) is 5.75 Å². The monoisotopic (exact) mass is 406 g/mol. The minimum Gasteiger partial charge on any atom is -0.488 e. The number of anilines is 1. The standard InChI is InChI=1S/C20H20ClFN2O4/c21-16-5-11(20(26)27)8-23-19(16)24-9-12-6-17(25)18(7-13(12)10-24)28-15-3-1-14(22)2-4-15/h1-5,8,12-13,17-18,25H,6-7,9-10H2,(H,26,27)/t12-,13+,17+,18+/m0/s1. The molecule has 0 amide bonds. The van der Waals surface area contributed by atoms with Gasteiger partial charge in [-0.3, -0.25) is 0 Å². The second kappa shape index (κ2) is 7.56. The number of carboxylic acids is 1. The molecule has 28 heavy (non-hydrogen) atoms. The fourth-order valence-electron chi connectivity index (χ4n) is 4.16. The van der Waals surface area contributed by atoms with Gasteiger partial charge in [-0.1, -0.05) is 11.6 Å². The van der Waals surface area contributed by atoms with Gasteiger partial charge in [0.2, 0.25) is 0 Å². The maximum Gasteiger partial charge on any atom is 0.337 e. The number of ether oxygens (including phenoxy) is 1. The molecule has 4 atom stereocenters. The highest BCUT2D eigenvalue weighted by atomic mass is 35.5. The number of aromatic nitrogens is 1. The van der Waals surface area contributed by atoms with Crippen molar-refractivity contribution in [2.45, 2.75) is 25.0 Å².